The van der Waals surface area contributed by atoms with Gasteiger partial charge in [-0.3, -0.25) is 9.59 Å². The van der Waals surface area contributed by atoms with E-state index in [2.05, 4.69) is 10.6 Å². The molecule has 1 saturated heterocycles. The zero-order chi connectivity index (χ0) is 18.5. The number of nitrogens with zero attached hydrogens (tertiary/aromatic N) is 1. The highest BCUT2D eigenvalue weighted by molar-refractivity contribution is 6.31. The van der Waals surface area contributed by atoms with E-state index >= 15 is 0 Å². The summed E-state index contributed by atoms with van der Waals surface area (Å²) in [6.45, 7) is 4.24. The van der Waals surface area contributed by atoms with Gasteiger partial charge in [0.25, 0.3) is 5.91 Å². The molecule has 3 atom stereocenters. The van der Waals surface area contributed by atoms with Crippen LogP contribution in [0.2, 0.25) is 5.02 Å². The molecule has 3 unspecified atom stereocenters. The highest BCUT2D eigenvalue weighted by Crippen LogP contribution is 2.40. The number of nitrogens with one attached hydrogen (secondary N) is 2. The van der Waals surface area contributed by atoms with Crippen LogP contribution in [0.25, 0.3) is 0 Å². The quantitative estimate of drug-likeness (QED) is 0.749. The summed E-state index contributed by atoms with van der Waals surface area (Å²) in [5.41, 5.74) is 0.564. The molecule has 2 aliphatic rings. The Kier molecular flexibility index (Phi) is 6.54. The number of halogens is 1. The van der Waals surface area contributed by atoms with E-state index < -0.39 is 0 Å². The fourth-order valence-electron chi connectivity index (χ4n) is 4.33. The Balaban J connectivity index is 1.77. The smallest absolute Gasteiger partial charge is 0.254 e. The molecule has 3 rings (SSSR count). The average molecular weight is 378 g/mol. The van der Waals surface area contributed by atoms with E-state index in [0.29, 0.717) is 23.0 Å². The molecule has 0 aromatic heterocycles. The summed E-state index contributed by atoms with van der Waals surface area (Å²) < 4.78 is 0. The Morgan fingerprint density at radius 2 is 2.04 bits per heavy atom. The van der Waals surface area contributed by atoms with E-state index in [1.807, 2.05) is 11.8 Å². The van der Waals surface area contributed by atoms with Crippen molar-refractivity contribution < 1.29 is 9.59 Å². The van der Waals surface area contributed by atoms with Gasteiger partial charge in [0.2, 0.25) is 5.91 Å². The van der Waals surface area contributed by atoms with E-state index in [-0.39, 0.29) is 23.9 Å². The number of hydrogen-bond acceptors (Lipinski definition) is 3. The summed E-state index contributed by atoms with van der Waals surface area (Å²) in [7, 11) is 0. The Hall–Kier alpha value is -1.59. The zero-order valence-electron chi connectivity index (χ0n) is 15.3. The molecule has 1 aliphatic heterocycles. The number of carbonyl (C=O) groups excluding carboxylic acids is 2. The lowest BCUT2D eigenvalue weighted by Gasteiger charge is -2.33. The molecular formula is C20H28ClN3O2. The van der Waals surface area contributed by atoms with Gasteiger partial charge in [-0.25, -0.2) is 0 Å². The summed E-state index contributed by atoms with van der Waals surface area (Å²) in [5, 5.41) is 6.74. The number of likely N-dealkylation sites (N-methyl/N-ethyl adjacent to an activating group) is 1. The van der Waals surface area contributed by atoms with Gasteiger partial charge in [0.1, 0.15) is 6.04 Å². The van der Waals surface area contributed by atoms with Gasteiger partial charge in [-0.05, 0) is 49.9 Å². The lowest BCUT2D eigenvalue weighted by molar-refractivity contribution is -0.125. The SMILES string of the molecule is CCNCCNC(=O)C1CC2CCCCC2N1C(=O)c1cccc(Cl)c1. The predicted octanol–water partition coefficient (Wildman–Crippen LogP) is 2.84. The van der Waals surface area contributed by atoms with Crippen LogP contribution in [0.5, 0.6) is 0 Å². The monoisotopic (exact) mass is 377 g/mol. The molecule has 1 aromatic rings. The van der Waals surface area contributed by atoms with E-state index in [0.717, 1.165) is 38.8 Å². The van der Waals surface area contributed by atoms with E-state index in [9.17, 15) is 9.59 Å². The maximum absolute atomic E-state index is 13.2. The second-order valence-electron chi connectivity index (χ2n) is 7.23. The molecule has 1 saturated carbocycles. The second-order valence-corrected chi connectivity index (χ2v) is 7.67. The van der Waals surface area contributed by atoms with Gasteiger partial charge in [0, 0.05) is 29.7 Å². The van der Waals surface area contributed by atoms with Crippen molar-refractivity contribution in [2.75, 3.05) is 19.6 Å². The third-order valence-electron chi connectivity index (χ3n) is 5.55. The van der Waals surface area contributed by atoms with Crippen molar-refractivity contribution in [2.24, 2.45) is 5.92 Å². The highest BCUT2D eigenvalue weighted by atomic mass is 35.5. The molecule has 1 aliphatic carbocycles. The molecule has 2 amide bonds. The Morgan fingerprint density at radius 3 is 2.81 bits per heavy atom. The summed E-state index contributed by atoms with van der Waals surface area (Å²) in [6.07, 6.45) is 5.16. The summed E-state index contributed by atoms with van der Waals surface area (Å²) in [4.78, 5) is 27.9. The maximum atomic E-state index is 13.2. The normalized spacial score (nSPS) is 25.0. The van der Waals surface area contributed by atoms with Crippen molar-refractivity contribution in [3.63, 3.8) is 0 Å². The third-order valence-corrected chi connectivity index (χ3v) is 5.78. The molecule has 0 bridgehead atoms. The lowest BCUT2D eigenvalue weighted by atomic mass is 9.84. The maximum Gasteiger partial charge on any atom is 0.254 e. The first-order valence-electron chi connectivity index (χ1n) is 9.68. The number of hydrogen-bond donors (Lipinski definition) is 2. The Morgan fingerprint density at radius 1 is 1.23 bits per heavy atom. The van der Waals surface area contributed by atoms with Gasteiger partial charge in [-0.2, -0.15) is 0 Å². The molecule has 0 radical (unpaired) electrons. The molecule has 2 fully saturated rings. The van der Waals surface area contributed by atoms with Crippen LogP contribution in [0.15, 0.2) is 24.3 Å². The minimum absolute atomic E-state index is 0.0346. The fourth-order valence-corrected chi connectivity index (χ4v) is 4.52. The molecule has 0 spiro atoms. The first-order valence-corrected chi connectivity index (χ1v) is 10.1. The highest BCUT2D eigenvalue weighted by Gasteiger charge is 2.47. The van der Waals surface area contributed by atoms with E-state index in [1.54, 1.807) is 24.3 Å². The van der Waals surface area contributed by atoms with Crippen LogP contribution in [0.3, 0.4) is 0 Å². The number of fused-ring (bicyclic) bond motifs is 1. The van der Waals surface area contributed by atoms with Gasteiger partial charge in [-0.1, -0.05) is 37.4 Å². The second kappa shape index (κ2) is 8.87. The van der Waals surface area contributed by atoms with Gasteiger partial charge in [0.05, 0.1) is 0 Å². The average Bonchev–Trinajstić information content (AvgIpc) is 3.04. The van der Waals surface area contributed by atoms with Crippen LogP contribution in [-0.2, 0) is 4.79 Å². The Bertz CT molecular complexity index is 652. The number of benzene rings is 1. The van der Waals surface area contributed by atoms with Gasteiger partial charge < -0.3 is 15.5 Å². The molecule has 5 nitrogen and oxygen atoms in total. The molecule has 142 valence electrons. The summed E-state index contributed by atoms with van der Waals surface area (Å²) in [5.74, 6) is 0.317. The Labute approximate surface area is 160 Å². The largest absolute Gasteiger partial charge is 0.353 e. The molecule has 1 aromatic carbocycles. The molecular weight excluding hydrogens is 350 g/mol. The topological polar surface area (TPSA) is 61.4 Å². The van der Waals surface area contributed by atoms with Crippen LogP contribution in [0.1, 0.15) is 49.4 Å². The van der Waals surface area contributed by atoms with E-state index in [4.69, 9.17) is 11.6 Å². The lowest BCUT2D eigenvalue weighted by Crippen LogP contribution is -2.50. The zero-order valence-corrected chi connectivity index (χ0v) is 16.1. The first-order chi connectivity index (χ1) is 12.6. The van der Waals surface area contributed by atoms with Crippen molar-refractivity contribution in [2.45, 2.75) is 51.1 Å². The minimum atomic E-state index is -0.379. The number of amides is 2. The van der Waals surface area contributed by atoms with Crippen molar-refractivity contribution >= 4 is 23.4 Å². The fraction of sp³-hybridized carbons (Fsp3) is 0.600. The van der Waals surface area contributed by atoms with Crippen LogP contribution < -0.4 is 10.6 Å². The van der Waals surface area contributed by atoms with Crippen molar-refractivity contribution in [1.29, 1.82) is 0 Å². The molecule has 6 heteroatoms. The van der Waals surface area contributed by atoms with Crippen LogP contribution in [-0.4, -0.2) is 48.4 Å². The predicted molar refractivity (Wildman–Crippen MR) is 103 cm³/mol. The van der Waals surface area contributed by atoms with E-state index in [1.165, 1.54) is 6.42 Å². The van der Waals surface area contributed by atoms with Crippen LogP contribution in [0, 0.1) is 5.92 Å². The van der Waals surface area contributed by atoms with Gasteiger partial charge in [-0.15, -0.1) is 0 Å². The number of carbonyl (C=O) groups is 2. The molecule has 26 heavy (non-hydrogen) atoms. The van der Waals surface area contributed by atoms with Crippen LogP contribution in [0.4, 0.5) is 0 Å². The van der Waals surface area contributed by atoms with Crippen LogP contribution >= 0.6 is 11.6 Å². The van der Waals surface area contributed by atoms with Crippen molar-refractivity contribution in [1.82, 2.24) is 15.5 Å². The third kappa shape index (κ3) is 4.21. The minimum Gasteiger partial charge on any atom is -0.353 e. The van der Waals surface area contributed by atoms with Gasteiger partial charge >= 0.3 is 0 Å². The standard InChI is InChI=1S/C20H28ClN3O2/c1-2-22-10-11-23-19(25)18-13-14-6-3-4-9-17(14)24(18)20(26)15-7-5-8-16(21)12-15/h5,7-8,12,14,17-18,22H,2-4,6,9-11,13H2,1H3,(H,23,25). The number of rotatable bonds is 6. The van der Waals surface area contributed by atoms with Crippen molar-refractivity contribution in [3.8, 4) is 0 Å². The summed E-state index contributed by atoms with van der Waals surface area (Å²) in [6, 6.07) is 6.81. The van der Waals surface area contributed by atoms with Gasteiger partial charge in [0.15, 0.2) is 0 Å². The van der Waals surface area contributed by atoms with Crippen molar-refractivity contribution in [3.05, 3.63) is 34.9 Å². The molecule has 2 N–H and O–H groups in total. The molecule has 1 heterocycles. The number of likely N-dealkylation sites (tertiary alicyclic amines) is 1. The summed E-state index contributed by atoms with van der Waals surface area (Å²) >= 11 is 6.07. The first kappa shape index (κ1) is 19.2.